The van der Waals surface area contributed by atoms with Crippen molar-refractivity contribution in [1.29, 1.82) is 0 Å². The first-order chi connectivity index (χ1) is 11.3. The van der Waals surface area contributed by atoms with Crippen LogP contribution in [0.25, 0.3) is 9.40 Å². The average Bonchev–Trinajstić information content (AvgIpc) is 3.19. The number of hydrogen-bond acceptors (Lipinski definition) is 3. The summed E-state index contributed by atoms with van der Waals surface area (Å²) in [5.41, 5.74) is 4.78. The third-order valence-electron chi connectivity index (χ3n) is 7.37. The standard InChI is InChI=1S/C21H23NS2/c1-19(2)15-8-6-7-9-16(15)22-12-14-13-10-11-23-18(13)24-17(14)21(22,5)20(19,3)4/h6-11H,12H2,1-5H3. The molecule has 5 rings (SSSR count). The number of para-hydroxylation sites is 1. The summed E-state index contributed by atoms with van der Waals surface area (Å²) in [5, 5.41) is 3.73. The molecule has 0 spiro atoms. The molecule has 124 valence electrons. The molecule has 1 nitrogen and oxygen atoms in total. The third-order valence-corrected chi connectivity index (χ3v) is 9.87. The van der Waals surface area contributed by atoms with Gasteiger partial charge in [-0.3, -0.25) is 0 Å². The topological polar surface area (TPSA) is 3.24 Å². The molecule has 3 aromatic rings. The van der Waals surface area contributed by atoms with E-state index >= 15 is 0 Å². The van der Waals surface area contributed by atoms with Crippen LogP contribution in [0.3, 0.4) is 0 Å². The van der Waals surface area contributed by atoms with Crippen LogP contribution in [-0.2, 0) is 17.5 Å². The summed E-state index contributed by atoms with van der Waals surface area (Å²) in [6.45, 7) is 13.3. The van der Waals surface area contributed by atoms with Gasteiger partial charge in [0, 0.05) is 27.9 Å². The van der Waals surface area contributed by atoms with Crippen molar-refractivity contribution >= 4 is 37.8 Å². The van der Waals surface area contributed by atoms with Gasteiger partial charge in [-0.2, -0.15) is 0 Å². The maximum absolute atomic E-state index is 2.69. The zero-order valence-corrected chi connectivity index (χ0v) is 16.6. The van der Waals surface area contributed by atoms with Gasteiger partial charge in [0.05, 0.1) is 9.55 Å². The van der Waals surface area contributed by atoms with Crippen molar-refractivity contribution in [3.8, 4) is 0 Å². The van der Waals surface area contributed by atoms with E-state index in [1.807, 2.05) is 22.7 Å². The van der Waals surface area contributed by atoms with Crippen LogP contribution in [0.1, 0.15) is 50.6 Å². The second kappa shape index (κ2) is 4.25. The van der Waals surface area contributed by atoms with E-state index in [1.54, 1.807) is 10.4 Å². The molecule has 0 aliphatic carbocycles. The second-order valence-electron chi connectivity index (χ2n) is 8.46. The molecule has 0 bridgehead atoms. The highest BCUT2D eigenvalue weighted by atomic mass is 32.2. The van der Waals surface area contributed by atoms with Gasteiger partial charge in [-0.25, -0.2) is 0 Å². The lowest BCUT2D eigenvalue weighted by Crippen LogP contribution is -2.61. The van der Waals surface area contributed by atoms with Gasteiger partial charge in [0.1, 0.15) is 0 Å². The van der Waals surface area contributed by atoms with E-state index in [9.17, 15) is 0 Å². The highest BCUT2D eigenvalue weighted by molar-refractivity contribution is 7.37. The highest BCUT2D eigenvalue weighted by Gasteiger charge is 2.62. The number of benzene rings is 1. The smallest absolute Gasteiger partial charge is 0.0872 e. The fraction of sp³-hybridized carbons (Fsp3) is 0.429. The Balaban J connectivity index is 1.88. The van der Waals surface area contributed by atoms with Crippen LogP contribution < -0.4 is 4.90 Å². The van der Waals surface area contributed by atoms with Gasteiger partial charge in [-0.05, 0) is 41.0 Å². The zero-order valence-electron chi connectivity index (χ0n) is 14.9. The molecule has 2 aliphatic rings. The molecule has 4 heterocycles. The number of rotatable bonds is 0. The van der Waals surface area contributed by atoms with Crippen LogP contribution in [0.2, 0.25) is 0 Å². The summed E-state index contributed by atoms with van der Waals surface area (Å²) >= 11 is 3.93. The van der Waals surface area contributed by atoms with E-state index in [1.165, 1.54) is 20.7 Å². The lowest BCUT2D eigenvalue weighted by atomic mass is 9.52. The Hall–Kier alpha value is -1.32. The predicted octanol–water partition coefficient (Wildman–Crippen LogP) is 6.52. The minimum atomic E-state index is 0.0452. The largest absolute Gasteiger partial charge is 0.356 e. The van der Waals surface area contributed by atoms with Crippen molar-refractivity contribution in [3.05, 3.63) is 51.7 Å². The summed E-state index contributed by atoms with van der Waals surface area (Å²) in [5.74, 6) is 0. The van der Waals surface area contributed by atoms with E-state index in [2.05, 4.69) is 75.2 Å². The minimum absolute atomic E-state index is 0.0452. The van der Waals surface area contributed by atoms with E-state index < -0.39 is 0 Å². The van der Waals surface area contributed by atoms with Gasteiger partial charge in [0.2, 0.25) is 0 Å². The van der Waals surface area contributed by atoms with Crippen molar-refractivity contribution in [1.82, 2.24) is 0 Å². The first-order valence-corrected chi connectivity index (χ1v) is 10.4. The molecule has 0 saturated carbocycles. The molecule has 2 aliphatic heterocycles. The van der Waals surface area contributed by atoms with Crippen molar-refractivity contribution < 1.29 is 0 Å². The fourth-order valence-corrected chi connectivity index (χ4v) is 7.60. The Bertz CT molecular complexity index is 975. The number of thiophene rings is 2. The summed E-state index contributed by atoms with van der Waals surface area (Å²) in [6, 6.07) is 11.4. The van der Waals surface area contributed by atoms with Crippen molar-refractivity contribution in [3.63, 3.8) is 0 Å². The Morgan fingerprint density at radius 2 is 1.75 bits per heavy atom. The van der Waals surface area contributed by atoms with Gasteiger partial charge < -0.3 is 4.90 Å². The normalized spacial score (nSPS) is 26.3. The lowest BCUT2D eigenvalue weighted by Gasteiger charge is -2.61. The summed E-state index contributed by atoms with van der Waals surface area (Å²) in [4.78, 5) is 4.28. The van der Waals surface area contributed by atoms with Gasteiger partial charge in [-0.1, -0.05) is 45.9 Å². The van der Waals surface area contributed by atoms with E-state index in [4.69, 9.17) is 0 Å². The first-order valence-electron chi connectivity index (χ1n) is 8.66. The average molecular weight is 354 g/mol. The summed E-state index contributed by atoms with van der Waals surface area (Å²) in [7, 11) is 0. The van der Waals surface area contributed by atoms with Gasteiger partial charge in [-0.15, -0.1) is 22.7 Å². The van der Waals surface area contributed by atoms with E-state index in [0.717, 1.165) is 6.54 Å². The van der Waals surface area contributed by atoms with E-state index in [0.29, 0.717) is 0 Å². The van der Waals surface area contributed by atoms with Crippen LogP contribution in [0.5, 0.6) is 0 Å². The minimum Gasteiger partial charge on any atom is -0.356 e. The van der Waals surface area contributed by atoms with Gasteiger partial charge in [0.15, 0.2) is 0 Å². The number of anilines is 1. The molecule has 1 aromatic carbocycles. The van der Waals surface area contributed by atoms with E-state index in [-0.39, 0.29) is 16.4 Å². The van der Waals surface area contributed by atoms with Crippen LogP contribution in [0.4, 0.5) is 5.69 Å². The molecule has 0 saturated heterocycles. The molecule has 2 aromatic heterocycles. The molecular weight excluding hydrogens is 330 g/mol. The van der Waals surface area contributed by atoms with Crippen LogP contribution in [-0.4, -0.2) is 0 Å². The molecule has 24 heavy (non-hydrogen) atoms. The summed E-state index contributed by atoms with van der Waals surface area (Å²) < 4.78 is 1.49. The monoisotopic (exact) mass is 353 g/mol. The number of nitrogens with zero attached hydrogens (tertiary/aromatic N) is 1. The molecule has 0 N–H and O–H groups in total. The fourth-order valence-electron chi connectivity index (χ4n) is 4.99. The second-order valence-corrected chi connectivity index (χ2v) is 10.7. The van der Waals surface area contributed by atoms with Crippen LogP contribution in [0, 0.1) is 5.41 Å². The zero-order chi connectivity index (χ0) is 16.9. The molecule has 3 heteroatoms. The SMILES string of the molecule is CC1(C)c2ccccc2N2Cc3c(sc4sccc34)C2(C)C1(C)C. The Kier molecular flexibility index (Phi) is 2.66. The molecular formula is C21H23NS2. The van der Waals surface area contributed by atoms with Gasteiger partial charge in [0.25, 0.3) is 0 Å². The first kappa shape index (κ1) is 15.0. The molecule has 1 atom stereocenters. The van der Waals surface area contributed by atoms with Gasteiger partial charge >= 0.3 is 0 Å². The maximum atomic E-state index is 2.69. The van der Waals surface area contributed by atoms with Crippen molar-refractivity contribution in [2.75, 3.05) is 4.90 Å². The highest BCUT2D eigenvalue weighted by Crippen LogP contribution is 2.66. The molecule has 1 unspecified atom stereocenters. The Labute approximate surface area is 151 Å². The number of fused-ring (bicyclic) bond motifs is 7. The van der Waals surface area contributed by atoms with Crippen molar-refractivity contribution in [2.24, 2.45) is 5.41 Å². The Morgan fingerprint density at radius 1 is 1.00 bits per heavy atom. The van der Waals surface area contributed by atoms with Crippen LogP contribution >= 0.6 is 22.7 Å². The Morgan fingerprint density at radius 3 is 2.54 bits per heavy atom. The van der Waals surface area contributed by atoms with Crippen LogP contribution in [0.15, 0.2) is 35.7 Å². The predicted molar refractivity (Wildman–Crippen MR) is 106 cm³/mol. The number of hydrogen-bond donors (Lipinski definition) is 0. The maximum Gasteiger partial charge on any atom is 0.0872 e. The van der Waals surface area contributed by atoms with Crippen molar-refractivity contribution in [2.45, 2.75) is 52.1 Å². The molecule has 0 fully saturated rings. The summed E-state index contributed by atoms with van der Waals surface area (Å²) in [6.07, 6.45) is 0. The third kappa shape index (κ3) is 1.40. The molecule has 0 amide bonds. The quantitative estimate of drug-likeness (QED) is 0.445. The molecule has 0 radical (unpaired) electrons. The lowest BCUT2D eigenvalue weighted by molar-refractivity contribution is 0.0707.